The Hall–Kier alpha value is -2.30. The summed E-state index contributed by atoms with van der Waals surface area (Å²) in [5.74, 6) is -1.17. The van der Waals surface area contributed by atoms with E-state index in [2.05, 4.69) is 36.0 Å². The Morgan fingerprint density at radius 3 is 2.41 bits per heavy atom. The van der Waals surface area contributed by atoms with E-state index in [1.54, 1.807) is 33.7 Å². The van der Waals surface area contributed by atoms with E-state index in [4.69, 9.17) is 4.74 Å². The van der Waals surface area contributed by atoms with Gasteiger partial charge in [0.25, 0.3) is 0 Å². The number of hydrogen-bond donors (Lipinski definition) is 1. The van der Waals surface area contributed by atoms with Crippen LogP contribution in [0.3, 0.4) is 0 Å². The number of rotatable bonds is 16. The number of ether oxygens (including phenoxy) is 1. The van der Waals surface area contributed by atoms with Crippen molar-refractivity contribution in [3.05, 3.63) is 49.6 Å². The van der Waals surface area contributed by atoms with Crippen LogP contribution in [0, 0.1) is 17.8 Å². The molecule has 0 aliphatic carbocycles. The van der Waals surface area contributed by atoms with Crippen molar-refractivity contribution >= 4 is 51.1 Å². The summed E-state index contributed by atoms with van der Waals surface area (Å²) < 4.78 is 4.81. The SMILES string of the molecule is C=CCN(CCCCC)C(=O)C1N([C@@H](CO)C(C)C)C(=O)[C@@H]2[C@H](C(=O)N(CC=C)c3ccc(OCC)cc3)[C@H]3SC12CC3Br. The molecule has 3 aliphatic heterocycles. The first-order chi connectivity index (χ1) is 21.1. The van der Waals surface area contributed by atoms with Crippen molar-refractivity contribution in [2.24, 2.45) is 17.8 Å². The van der Waals surface area contributed by atoms with Gasteiger partial charge in [-0.1, -0.05) is 61.7 Å². The normalized spacial score (nSPS) is 27.8. The summed E-state index contributed by atoms with van der Waals surface area (Å²) in [6.45, 7) is 17.3. The third-order valence-corrected chi connectivity index (χ3v) is 12.5. The van der Waals surface area contributed by atoms with E-state index >= 15 is 0 Å². The quantitative estimate of drug-likeness (QED) is 0.144. The number of likely N-dealkylation sites (tertiary alicyclic amines) is 1. The third kappa shape index (κ3) is 6.23. The van der Waals surface area contributed by atoms with Gasteiger partial charge in [0.05, 0.1) is 35.8 Å². The number of aliphatic hydroxyl groups excluding tert-OH is 1. The number of anilines is 1. The predicted octanol–water partition coefficient (Wildman–Crippen LogP) is 5.29. The first-order valence-electron chi connectivity index (χ1n) is 15.9. The summed E-state index contributed by atoms with van der Waals surface area (Å²) in [6, 6.07) is 6.06. The molecule has 3 saturated heterocycles. The number of alkyl halides is 1. The summed E-state index contributed by atoms with van der Waals surface area (Å²) in [5.41, 5.74) is 0.699. The van der Waals surface area contributed by atoms with Gasteiger partial charge in [-0.3, -0.25) is 14.4 Å². The molecule has 3 fully saturated rings. The van der Waals surface area contributed by atoms with Gasteiger partial charge in [-0.15, -0.1) is 24.9 Å². The van der Waals surface area contributed by atoms with Crippen LogP contribution < -0.4 is 9.64 Å². The number of thioether (sulfide) groups is 1. The Bertz CT molecular complexity index is 1210. The zero-order chi connectivity index (χ0) is 32.2. The third-order valence-electron chi connectivity index (χ3n) is 9.29. The molecule has 1 aromatic carbocycles. The zero-order valence-corrected chi connectivity index (χ0v) is 28.9. The lowest BCUT2D eigenvalue weighted by Gasteiger charge is -2.41. The number of aliphatic hydroxyl groups is 1. The van der Waals surface area contributed by atoms with Crippen LogP contribution >= 0.6 is 27.7 Å². The molecule has 3 heterocycles. The maximum Gasteiger partial charge on any atom is 0.247 e. The van der Waals surface area contributed by atoms with Gasteiger partial charge in [0.15, 0.2) is 0 Å². The zero-order valence-electron chi connectivity index (χ0n) is 26.5. The molecule has 1 N–H and O–H groups in total. The molecule has 242 valence electrons. The van der Waals surface area contributed by atoms with E-state index < -0.39 is 28.7 Å². The molecule has 0 aromatic heterocycles. The molecule has 4 rings (SSSR count). The van der Waals surface area contributed by atoms with Crippen molar-refractivity contribution in [3.8, 4) is 5.75 Å². The minimum absolute atomic E-state index is 0.0498. The van der Waals surface area contributed by atoms with Crippen LogP contribution in [0.15, 0.2) is 49.6 Å². The molecule has 3 amide bonds. The molecular formula is C34H48BrN3O5S. The molecule has 1 spiro atoms. The average molecular weight is 691 g/mol. The number of halogens is 1. The van der Waals surface area contributed by atoms with Gasteiger partial charge in [-0.25, -0.2) is 0 Å². The van der Waals surface area contributed by atoms with E-state index in [-0.39, 0.29) is 46.9 Å². The predicted molar refractivity (Wildman–Crippen MR) is 181 cm³/mol. The first kappa shape index (κ1) is 34.6. The summed E-state index contributed by atoms with van der Waals surface area (Å²) in [4.78, 5) is 49.0. The molecule has 3 unspecified atom stereocenters. The number of carbonyl (C=O) groups excluding carboxylic acids is 3. The lowest BCUT2D eigenvalue weighted by molar-refractivity contribution is -0.146. The minimum Gasteiger partial charge on any atom is -0.494 e. The van der Waals surface area contributed by atoms with Crippen LogP contribution in [0.1, 0.15) is 53.4 Å². The second-order valence-corrected chi connectivity index (χ2v) is 15.1. The summed E-state index contributed by atoms with van der Waals surface area (Å²) in [7, 11) is 0. The Morgan fingerprint density at radius 1 is 1.16 bits per heavy atom. The monoisotopic (exact) mass is 689 g/mol. The highest BCUT2D eigenvalue weighted by molar-refractivity contribution is 9.09. The second-order valence-electron chi connectivity index (χ2n) is 12.3. The number of hydrogen-bond acceptors (Lipinski definition) is 6. The maximum atomic E-state index is 14.7. The van der Waals surface area contributed by atoms with Crippen molar-refractivity contribution in [3.63, 3.8) is 0 Å². The molecule has 7 atom stereocenters. The van der Waals surface area contributed by atoms with Crippen LogP contribution in [-0.4, -0.2) is 92.4 Å². The Balaban J connectivity index is 1.78. The van der Waals surface area contributed by atoms with E-state index in [0.717, 1.165) is 19.3 Å². The summed E-state index contributed by atoms with van der Waals surface area (Å²) in [5, 5.41) is 10.4. The Morgan fingerprint density at radius 2 is 1.84 bits per heavy atom. The summed E-state index contributed by atoms with van der Waals surface area (Å²) in [6.07, 6.45) is 6.89. The summed E-state index contributed by atoms with van der Waals surface area (Å²) >= 11 is 5.50. The van der Waals surface area contributed by atoms with Gasteiger partial charge in [-0.2, -0.15) is 0 Å². The van der Waals surface area contributed by atoms with Crippen molar-refractivity contribution in [2.75, 3.05) is 37.7 Å². The van der Waals surface area contributed by atoms with E-state index in [0.29, 0.717) is 37.6 Å². The van der Waals surface area contributed by atoms with Gasteiger partial charge in [-0.05, 0) is 49.9 Å². The maximum absolute atomic E-state index is 14.7. The molecule has 8 nitrogen and oxygen atoms in total. The number of amides is 3. The lowest BCUT2D eigenvalue weighted by Crippen LogP contribution is -2.58. The van der Waals surface area contributed by atoms with Gasteiger partial charge in [0.1, 0.15) is 11.8 Å². The number of nitrogens with zero attached hydrogens (tertiary/aromatic N) is 3. The topological polar surface area (TPSA) is 90.4 Å². The molecule has 0 radical (unpaired) electrons. The van der Waals surface area contributed by atoms with E-state index in [1.165, 1.54) is 0 Å². The highest BCUT2D eigenvalue weighted by Gasteiger charge is 2.76. The van der Waals surface area contributed by atoms with Crippen molar-refractivity contribution < 1.29 is 24.2 Å². The lowest BCUT2D eigenvalue weighted by atomic mass is 9.70. The van der Waals surface area contributed by atoms with Crippen molar-refractivity contribution in [2.45, 2.75) is 80.3 Å². The first-order valence-corrected chi connectivity index (χ1v) is 17.7. The number of fused-ring (bicyclic) bond motifs is 1. The highest BCUT2D eigenvalue weighted by atomic mass is 79.9. The van der Waals surface area contributed by atoms with Crippen LogP contribution in [0.25, 0.3) is 0 Å². The Labute approximate surface area is 275 Å². The number of unbranched alkanes of at least 4 members (excludes halogenated alkanes) is 2. The average Bonchev–Trinajstić information content (AvgIpc) is 3.59. The molecule has 1 aromatic rings. The second kappa shape index (κ2) is 14.9. The van der Waals surface area contributed by atoms with Gasteiger partial charge in [0.2, 0.25) is 17.7 Å². The molecule has 0 saturated carbocycles. The van der Waals surface area contributed by atoms with Gasteiger partial charge < -0.3 is 24.5 Å². The van der Waals surface area contributed by atoms with Crippen LogP contribution in [0.5, 0.6) is 5.75 Å². The Kier molecular flexibility index (Phi) is 11.7. The van der Waals surface area contributed by atoms with Crippen molar-refractivity contribution in [1.29, 1.82) is 0 Å². The highest BCUT2D eigenvalue weighted by Crippen LogP contribution is 2.68. The minimum atomic E-state index is -0.793. The fraction of sp³-hybridized carbons (Fsp3) is 0.618. The molecule has 44 heavy (non-hydrogen) atoms. The fourth-order valence-corrected chi connectivity index (χ4v) is 10.9. The van der Waals surface area contributed by atoms with Gasteiger partial charge in [0, 0.05) is 35.4 Å². The van der Waals surface area contributed by atoms with Crippen molar-refractivity contribution in [1.82, 2.24) is 9.80 Å². The van der Waals surface area contributed by atoms with E-state index in [1.807, 2.05) is 49.9 Å². The van der Waals surface area contributed by atoms with Gasteiger partial charge >= 0.3 is 0 Å². The van der Waals surface area contributed by atoms with Crippen LogP contribution in [0.4, 0.5) is 5.69 Å². The van der Waals surface area contributed by atoms with Crippen LogP contribution in [0.2, 0.25) is 0 Å². The fourth-order valence-electron chi connectivity index (χ4n) is 7.30. The largest absolute Gasteiger partial charge is 0.494 e. The number of carbonyl (C=O) groups is 3. The van der Waals surface area contributed by atoms with Crippen LogP contribution in [-0.2, 0) is 14.4 Å². The number of benzene rings is 1. The molecule has 10 heteroatoms. The molecular weight excluding hydrogens is 642 g/mol. The van der Waals surface area contributed by atoms with E-state index in [9.17, 15) is 19.5 Å². The molecule has 3 aliphatic rings. The smallest absolute Gasteiger partial charge is 0.247 e. The standard InChI is InChI=1S/C34H48BrN3O5S/c1-7-11-12-19-36(17-8-2)33(42)30-34-20-25(35)29(44-34)27(28(34)32(41)38(30)26(21-39)22(5)6)31(40)37(18-9-3)23-13-15-24(16-14-23)43-10-4/h8-9,13-16,22,25-30,39H,2-3,7,10-12,17-21H2,1,4-6H3/t25?,26-,27-,28-,29-,30?,34?/m0/s1. The molecule has 2 bridgehead atoms.